The molecule has 0 aromatic heterocycles. The van der Waals surface area contributed by atoms with Gasteiger partial charge in [-0.15, -0.1) is 0 Å². The zero-order valence-corrected chi connectivity index (χ0v) is 13.0. The smallest absolute Gasteiger partial charge is 0.208 e. The molecule has 18 heavy (non-hydrogen) atoms. The molecule has 0 bridgehead atoms. The Hall–Kier alpha value is -0.520. The molecule has 0 aliphatic heterocycles. The van der Waals surface area contributed by atoms with Gasteiger partial charge in [0.25, 0.3) is 0 Å². The molecule has 0 aliphatic carbocycles. The second-order valence-electron chi connectivity index (χ2n) is 5.48. The predicted octanol–water partition coefficient (Wildman–Crippen LogP) is 2.58. The minimum atomic E-state index is -3.43. The molecule has 1 atom stereocenters. The van der Waals surface area contributed by atoms with Gasteiger partial charge in [-0.25, -0.2) is 13.1 Å². The number of hydrogen-bond donors (Lipinski definition) is 2. The molecule has 1 unspecified atom stereocenters. The molecule has 0 amide bonds. The summed E-state index contributed by atoms with van der Waals surface area (Å²) in [5, 5.41) is 0. The molecule has 5 heteroatoms. The molecular formula is C13H21NO2S2. The zero-order chi connectivity index (χ0) is 14.0. The lowest BCUT2D eigenvalue weighted by Crippen LogP contribution is -2.33. The van der Waals surface area contributed by atoms with Crippen LogP contribution in [0.15, 0.2) is 29.2 Å². The summed E-state index contributed by atoms with van der Waals surface area (Å²) in [6, 6.07) is 6.84. The molecule has 0 aliphatic rings. The van der Waals surface area contributed by atoms with E-state index in [2.05, 4.69) is 38.1 Å². The third-order valence-electron chi connectivity index (χ3n) is 2.66. The highest BCUT2D eigenvalue weighted by Crippen LogP contribution is 2.23. The van der Waals surface area contributed by atoms with Crippen LogP contribution in [0.3, 0.4) is 0 Å². The summed E-state index contributed by atoms with van der Waals surface area (Å²) in [6.07, 6.45) is 0. The normalized spacial score (nSPS) is 14.5. The predicted molar refractivity (Wildman–Crippen MR) is 78.8 cm³/mol. The van der Waals surface area contributed by atoms with Gasteiger partial charge >= 0.3 is 0 Å². The Morgan fingerprint density at radius 2 is 1.72 bits per heavy atom. The average molecular weight is 287 g/mol. The molecular weight excluding hydrogens is 266 g/mol. The number of thiol groups is 1. The Kier molecular flexibility index (Phi) is 4.86. The van der Waals surface area contributed by atoms with Gasteiger partial charge in [0.15, 0.2) is 0 Å². The van der Waals surface area contributed by atoms with Gasteiger partial charge in [-0.3, -0.25) is 0 Å². The maximum Gasteiger partial charge on any atom is 0.240 e. The number of benzene rings is 1. The Bertz CT molecular complexity index is 487. The highest BCUT2D eigenvalue weighted by molar-refractivity contribution is 7.89. The summed E-state index contributed by atoms with van der Waals surface area (Å²) in [5.41, 5.74) is 1.14. The fraction of sp³-hybridized carbons (Fsp3) is 0.538. The number of rotatable bonds is 4. The summed E-state index contributed by atoms with van der Waals surface area (Å²) in [7, 11) is -3.43. The highest BCUT2D eigenvalue weighted by Gasteiger charge is 2.18. The van der Waals surface area contributed by atoms with Crippen molar-refractivity contribution in [1.82, 2.24) is 4.72 Å². The molecule has 0 heterocycles. The van der Waals surface area contributed by atoms with Crippen LogP contribution < -0.4 is 4.72 Å². The van der Waals surface area contributed by atoms with Crippen molar-refractivity contribution in [2.24, 2.45) is 0 Å². The van der Waals surface area contributed by atoms with Gasteiger partial charge in [0, 0.05) is 11.8 Å². The van der Waals surface area contributed by atoms with Crippen molar-refractivity contribution in [3.05, 3.63) is 29.8 Å². The minimum Gasteiger partial charge on any atom is -0.208 e. The molecule has 0 spiro atoms. The lowest BCUT2D eigenvalue weighted by molar-refractivity contribution is 0.569. The van der Waals surface area contributed by atoms with Crippen molar-refractivity contribution < 1.29 is 8.42 Å². The van der Waals surface area contributed by atoms with Crippen LogP contribution in [0.5, 0.6) is 0 Å². The Morgan fingerprint density at radius 3 is 2.11 bits per heavy atom. The van der Waals surface area contributed by atoms with E-state index in [1.165, 1.54) is 0 Å². The van der Waals surface area contributed by atoms with Crippen LogP contribution in [0.25, 0.3) is 0 Å². The van der Waals surface area contributed by atoms with Gasteiger partial charge in [0.2, 0.25) is 10.0 Å². The third-order valence-corrected chi connectivity index (χ3v) is 4.81. The van der Waals surface area contributed by atoms with Crippen LogP contribution in [0.2, 0.25) is 0 Å². The summed E-state index contributed by atoms with van der Waals surface area (Å²) in [4.78, 5) is 0.295. The highest BCUT2D eigenvalue weighted by atomic mass is 32.2. The van der Waals surface area contributed by atoms with Gasteiger partial charge in [-0.1, -0.05) is 32.9 Å². The molecule has 1 N–H and O–H groups in total. The summed E-state index contributed by atoms with van der Waals surface area (Å²) in [5.74, 6) is 0.472. The first kappa shape index (κ1) is 15.5. The van der Waals surface area contributed by atoms with Gasteiger partial charge in [0.1, 0.15) is 0 Å². The number of sulfonamides is 1. The van der Waals surface area contributed by atoms with E-state index >= 15 is 0 Å². The quantitative estimate of drug-likeness (QED) is 0.836. The van der Waals surface area contributed by atoms with Crippen molar-refractivity contribution in [2.45, 2.75) is 44.0 Å². The summed E-state index contributed by atoms with van der Waals surface area (Å²) >= 11 is 4.07. The van der Waals surface area contributed by atoms with Crippen molar-refractivity contribution in [2.75, 3.05) is 5.75 Å². The van der Waals surface area contributed by atoms with Crippen molar-refractivity contribution in [3.63, 3.8) is 0 Å². The molecule has 0 saturated carbocycles. The van der Waals surface area contributed by atoms with Gasteiger partial charge in [-0.05, 0) is 30.0 Å². The van der Waals surface area contributed by atoms with E-state index in [4.69, 9.17) is 0 Å². The van der Waals surface area contributed by atoms with E-state index < -0.39 is 10.0 Å². The molecule has 0 fully saturated rings. The largest absolute Gasteiger partial charge is 0.240 e. The Balaban J connectivity index is 2.98. The maximum absolute atomic E-state index is 12.0. The standard InChI is InChI=1S/C13H21NO2S2/c1-10(9-17)14-18(15,16)12-7-5-11(6-8-12)13(2,3)4/h5-8,10,14,17H,9H2,1-4H3. The first-order valence-electron chi connectivity index (χ1n) is 5.90. The minimum absolute atomic E-state index is 0.0219. The second kappa shape index (κ2) is 5.63. The monoisotopic (exact) mass is 287 g/mol. The first-order valence-corrected chi connectivity index (χ1v) is 8.02. The van der Waals surface area contributed by atoms with E-state index in [0.717, 1.165) is 5.56 Å². The van der Waals surface area contributed by atoms with Crippen molar-refractivity contribution in [3.8, 4) is 0 Å². The van der Waals surface area contributed by atoms with E-state index in [9.17, 15) is 8.42 Å². The van der Waals surface area contributed by atoms with E-state index in [1.54, 1.807) is 19.1 Å². The molecule has 1 aromatic carbocycles. The van der Waals surface area contributed by atoms with Crippen molar-refractivity contribution >= 4 is 22.7 Å². The SMILES string of the molecule is CC(CS)NS(=O)(=O)c1ccc(C(C)(C)C)cc1. The number of hydrogen-bond acceptors (Lipinski definition) is 3. The maximum atomic E-state index is 12.0. The Morgan fingerprint density at radius 1 is 1.22 bits per heavy atom. The van der Waals surface area contributed by atoms with Gasteiger partial charge in [0.05, 0.1) is 4.90 Å². The van der Waals surface area contributed by atoms with Crippen LogP contribution >= 0.6 is 12.6 Å². The fourth-order valence-corrected chi connectivity index (χ4v) is 2.96. The van der Waals surface area contributed by atoms with Crippen LogP contribution in [0.1, 0.15) is 33.3 Å². The molecule has 1 aromatic rings. The van der Waals surface area contributed by atoms with E-state index in [1.807, 2.05) is 12.1 Å². The van der Waals surface area contributed by atoms with Gasteiger partial charge in [-0.2, -0.15) is 12.6 Å². The second-order valence-corrected chi connectivity index (χ2v) is 7.56. The average Bonchev–Trinajstić information content (AvgIpc) is 2.27. The summed E-state index contributed by atoms with van der Waals surface area (Å²) in [6.45, 7) is 8.07. The molecule has 102 valence electrons. The Labute approximate surface area is 115 Å². The van der Waals surface area contributed by atoms with Crippen LogP contribution in [0, 0.1) is 0 Å². The lowest BCUT2D eigenvalue weighted by Gasteiger charge is -2.19. The fourth-order valence-electron chi connectivity index (χ4n) is 1.50. The van der Waals surface area contributed by atoms with Crippen molar-refractivity contribution in [1.29, 1.82) is 0 Å². The zero-order valence-electron chi connectivity index (χ0n) is 11.3. The van der Waals surface area contributed by atoms with Gasteiger partial charge < -0.3 is 0 Å². The topological polar surface area (TPSA) is 46.2 Å². The molecule has 3 nitrogen and oxygen atoms in total. The molecule has 0 saturated heterocycles. The van der Waals surface area contributed by atoms with Crippen LogP contribution in [-0.4, -0.2) is 20.2 Å². The summed E-state index contributed by atoms with van der Waals surface area (Å²) < 4.78 is 26.6. The number of nitrogens with one attached hydrogen (secondary N) is 1. The third kappa shape index (κ3) is 4.00. The van der Waals surface area contributed by atoms with Crippen LogP contribution in [0.4, 0.5) is 0 Å². The van der Waals surface area contributed by atoms with Crippen LogP contribution in [-0.2, 0) is 15.4 Å². The van der Waals surface area contributed by atoms with E-state index in [-0.39, 0.29) is 11.5 Å². The molecule has 1 rings (SSSR count). The molecule has 0 radical (unpaired) electrons. The van der Waals surface area contributed by atoms with E-state index in [0.29, 0.717) is 10.6 Å². The lowest BCUT2D eigenvalue weighted by atomic mass is 9.87. The first-order chi connectivity index (χ1) is 8.16.